The normalized spacial score (nSPS) is 28.1. The van der Waals surface area contributed by atoms with Crippen molar-refractivity contribution in [3.8, 4) is 5.75 Å². The van der Waals surface area contributed by atoms with E-state index in [0.29, 0.717) is 24.3 Å². The number of esters is 1. The van der Waals surface area contributed by atoms with Crippen LogP contribution in [0.5, 0.6) is 5.75 Å². The Morgan fingerprint density at radius 3 is 2.52 bits per heavy atom. The fourth-order valence-electron chi connectivity index (χ4n) is 7.73. The SMILES string of the molecule is COc1cccc([C@]23CC[N@@+](C)(CC(C)C)CC2(OC(C)=O)CC[C@H](NC(=O)c2ccc4ccccc4c2)C3)c1. The third kappa shape index (κ3) is 5.34. The van der Waals surface area contributed by atoms with Crippen LogP contribution in [0.3, 0.4) is 0 Å². The lowest BCUT2D eigenvalue weighted by atomic mass is 9.54. The Kier molecular flexibility index (Phi) is 7.66. The number of hydrogen-bond acceptors (Lipinski definition) is 4. The van der Waals surface area contributed by atoms with Gasteiger partial charge in [-0.2, -0.15) is 0 Å². The maximum Gasteiger partial charge on any atom is 0.303 e. The lowest BCUT2D eigenvalue weighted by Gasteiger charge is -2.61. The Labute approximate surface area is 238 Å². The number of likely N-dealkylation sites (tertiary alicyclic amines) is 1. The first-order valence-electron chi connectivity index (χ1n) is 14.5. The van der Waals surface area contributed by atoms with Crippen molar-refractivity contribution in [2.75, 3.05) is 33.8 Å². The molecule has 1 heterocycles. The van der Waals surface area contributed by atoms with Crippen LogP contribution in [-0.2, 0) is 14.9 Å². The van der Waals surface area contributed by atoms with E-state index in [0.717, 1.165) is 59.0 Å². The summed E-state index contributed by atoms with van der Waals surface area (Å²) in [5.74, 6) is 1.01. The van der Waals surface area contributed by atoms with E-state index in [1.165, 1.54) is 6.92 Å². The highest BCUT2D eigenvalue weighted by molar-refractivity contribution is 5.98. The quantitative estimate of drug-likeness (QED) is 0.299. The number of rotatable bonds is 7. The van der Waals surface area contributed by atoms with Crippen LogP contribution < -0.4 is 10.1 Å². The minimum Gasteiger partial charge on any atom is -0.497 e. The van der Waals surface area contributed by atoms with Gasteiger partial charge in [0.25, 0.3) is 5.91 Å². The largest absolute Gasteiger partial charge is 0.497 e. The number of benzene rings is 3. The summed E-state index contributed by atoms with van der Waals surface area (Å²) in [6.45, 7) is 8.80. The number of quaternary nitrogens is 1. The van der Waals surface area contributed by atoms with Gasteiger partial charge in [-0.15, -0.1) is 0 Å². The van der Waals surface area contributed by atoms with E-state index in [2.05, 4.69) is 44.4 Å². The first-order valence-corrected chi connectivity index (χ1v) is 14.5. The predicted molar refractivity (Wildman–Crippen MR) is 158 cm³/mol. The summed E-state index contributed by atoms with van der Waals surface area (Å²) in [7, 11) is 3.98. The number of nitrogens with zero attached hydrogens (tertiary/aromatic N) is 1. The molecular weight excluding hydrogens is 500 g/mol. The Hall–Kier alpha value is -3.38. The standard InChI is InChI=1S/C34H42N2O4/c1-24(2)22-36(4)18-17-33(29-11-8-12-31(20-29)39-5)21-30(15-16-34(33,23-36)40-25(3)37)35-32(38)28-14-13-26-9-6-7-10-27(26)19-28/h6-14,19-20,24,30H,15-18,21-23H2,1-5H3/p+1/t30-,33+,34?,36-/m0/s1. The minimum absolute atomic E-state index is 0.0455. The fourth-order valence-corrected chi connectivity index (χ4v) is 7.73. The smallest absolute Gasteiger partial charge is 0.303 e. The third-order valence-electron chi connectivity index (χ3n) is 9.19. The number of methoxy groups -OCH3 is 1. The summed E-state index contributed by atoms with van der Waals surface area (Å²) in [6, 6.07) is 22.1. The van der Waals surface area contributed by atoms with Crippen LogP contribution >= 0.6 is 0 Å². The highest BCUT2D eigenvalue weighted by Crippen LogP contribution is 2.55. The van der Waals surface area contributed by atoms with Gasteiger partial charge in [0.05, 0.1) is 27.2 Å². The van der Waals surface area contributed by atoms with Gasteiger partial charge in [0, 0.05) is 36.3 Å². The molecule has 6 nitrogen and oxygen atoms in total. The molecule has 3 aromatic rings. The maximum atomic E-state index is 13.5. The van der Waals surface area contributed by atoms with Gasteiger partial charge < -0.3 is 19.3 Å². The van der Waals surface area contributed by atoms with Gasteiger partial charge in [0.1, 0.15) is 12.3 Å². The van der Waals surface area contributed by atoms with Crippen molar-refractivity contribution >= 4 is 22.6 Å². The Morgan fingerprint density at radius 2 is 1.80 bits per heavy atom. The number of nitrogens with one attached hydrogen (secondary N) is 1. The predicted octanol–water partition coefficient (Wildman–Crippen LogP) is 5.88. The topological polar surface area (TPSA) is 64.6 Å². The van der Waals surface area contributed by atoms with Crippen LogP contribution in [0.1, 0.15) is 62.4 Å². The average molecular weight is 544 g/mol. The first kappa shape index (κ1) is 28.2. The average Bonchev–Trinajstić information content (AvgIpc) is 2.92. The molecule has 3 aromatic carbocycles. The van der Waals surface area contributed by atoms with Gasteiger partial charge in [-0.25, -0.2) is 0 Å². The zero-order valence-corrected chi connectivity index (χ0v) is 24.5. The Balaban J connectivity index is 1.51. The molecule has 6 heteroatoms. The van der Waals surface area contributed by atoms with Crippen molar-refractivity contribution in [1.29, 1.82) is 0 Å². The van der Waals surface area contributed by atoms with Crippen molar-refractivity contribution in [1.82, 2.24) is 5.32 Å². The first-order chi connectivity index (χ1) is 19.1. The second-order valence-corrected chi connectivity index (χ2v) is 12.7. The fraction of sp³-hybridized carbons (Fsp3) is 0.471. The highest BCUT2D eigenvalue weighted by atomic mass is 16.6. The molecule has 5 rings (SSSR count). The molecule has 0 bridgehead atoms. The van der Waals surface area contributed by atoms with E-state index < -0.39 is 11.0 Å². The molecule has 2 fully saturated rings. The van der Waals surface area contributed by atoms with E-state index >= 15 is 0 Å². The van der Waals surface area contributed by atoms with E-state index in [1.807, 2.05) is 48.5 Å². The van der Waals surface area contributed by atoms with Crippen molar-refractivity contribution < 1.29 is 23.5 Å². The molecule has 1 aliphatic carbocycles. The van der Waals surface area contributed by atoms with E-state index in [4.69, 9.17) is 9.47 Å². The molecule has 40 heavy (non-hydrogen) atoms. The van der Waals surface area contributed by atoms with Crippen LogP contribution in [0.25, 0.3) is 10.8 Å². The molecule has 1 amide bonds. The molecule has 1 N–H and O–H groups in total. The summed E-state index contributed by atoms with van der Waals surface area (Å²) >= 11 is 0. The zero-order valence-electron chi connectivity index (χ0n) is 24.5. The molecule has 1 unspecified atom stereocenters. The van der Waals surface area contributed by atoms with Gasteiger partial charge in [-0.1, -0.05) is 56.3 Å². The number of fused-ring (bicyclic) bond motifs is 2. The summed E-state index contributed by atoms with van der Waals surface area (Å²) in [5, 5.41) is 5.53. The van der Waals surface area contributed by atoms with Gasteiger partial charge in [0.15, 0.2) is 5.60 Å². The number of likely N-dealkylation sites (N-methyl/N-ethyl adjacent to an activating group) is 1. The van der Waals surface area contributed by atoms with Gasteiger partial charge in [-0.3, -0.25) is 9.59 Å². The molecule has 4 atom stereocenters. The minimum atomic E-state index is -0.669. The monoisotopic (exact) mass is 543 g/mol. The number of carbonyl (C=O) groups is 2. The number of amides is 1. The second kappa shape index (κ2) is 10.9. The van der Waals surface area contributed by atoms with Crippen LogP contribution in [0, 0.1) is 5.92 Å². The van der Waals surface area contributed by atoms with Crippen molar-refractivity contribution in [2.45, 2.75) is 63.5 Å². The van der Waals surface area contributed by atoms with Crippen molar-refractivity contribution in [2.24, 2.45) is 5.92 Å². The van der Waals surface area contributed by atoms with Crippen LogP contribution in [0.15, 0.2) is 66.7 Å². The molecule has 212 valence electrons. The summed E-state index contributed by atoms with van der Waals surface area (Å²) in [6.07, 6.45) is 3.01. The third-order valence-corrected chi connectivity index (χ3v) is 9.19. The summed E-state index contributed by atoms with van der Waals surface area (Å²) < 4.78 is 13.0. The second-order valence-electron chi connectivity index (χ2n) is 12.7. The molecule has 1 aliphatic heterocycles. The number of piperidine rings is 1. The zero-order chi connectivity index (χ0) is 28.5. The molecule has 1 saturated heterocycles. The van der Waals surface area contributed by atoms with E-state index in [1.54, 1.807) is 7.11 Å². The lowest BCUT2D eigenvalue weighted by molar-refractivity contribution is -0.925. The van der Waals surface area contributed by atoms with Crippen molar-refractivity contribution in [3.05, 3.63) is 77.9 Å². The van der Waals surface area contributed by atoms with Crippen LogP contribution in [-0.4, -0.2) is 61.8 Å². The van der Waals surface area contributed by atoms with Gasteiger partial charge in [0.2, 0.25) is 0 Å². The molecular formula is C34H43N2O4+. The Bertz CT molecular complexity index is 1400. The Morgan fingerprint density at radius 1 is 1.02 bits per heavy atom. The van der Waals surface area contributed by atoms with Crippen molar-refractivity contribution in [3.63, 3.8) is 0 Å². The lowest BCUT2D eigenvalue weighted by Crippen LogP contribution is -2.73. The summed E-state index contributed by atoms with van der Waals surface area (Å²) in [4.78, 5) is 26.2. The number of carbonyl (C=O) groups excluding carboxylic acids is 2. The molecule has 0 radical (unpaired) electrons. The van der Waals surface area contributed by atoms with E-state index in [-0.39, 0.29) is 17.9 Å². The molecule has 1 saturated carbocycles. The van der Waals surface area contributed by atoms with Crippen LogP contribution in [0.2, 0.25) is 0 Å². The van der Waals surface area contributed by atoms with Gasteiger partial charge >= 0.3 is 5.97 Å². The van der Waals surface area contributed by atoms with Gasteiger partial charge in [-0.05, 0) is 59.9 Å². The van der Waals surface area contributed by atoms with E-state index in [9.17, 15) is 9.59 Å². The molecule has 0 spiro atoms. The maximum absolute atomic E-state index is 13.5. The number of ether oxygens (including phenoxy) is 2. The highest BCUT2D eigenvalue weighted by Gasteiger charge is 2.64. The number of hydrogen-bond donors (Lipinski definition) is 1. The molecule has 0 aromatic heterocycles. The molecule has 2 aliphatic rings. The summed E-state index contributed by atoms with van der Waals surface area (Å²) in [5.41, 5.74) is 0.669. The van der Waals surface area contributed by atoms with Crippen LogP contribution in [0.4, 0.5) is 0 Å².